The third kappa shape index (κ3) is 8.36. The second kappa shape index (κ2) is 16.6. The van der Waals surface area contributed by atoms with Crippen LogP contribution in [-0.2, 0) is 4.57 Å². The van der Waals surface area contributed by atoms with E-state index in [1.54, 1.807) is 24.3 Å². The molecule has 0 bridgehead atoms. The highest BCUT2D eigenvalue weighted by molar-refractivity contribution is 7.94. The Balaban J connectivity index is 1.85. The Kier molecular flexibility index (Phi) is 12.0. The largest absolute Gasteiger partial charge is 0.563 e. The smallest absolute Gasteiger partial charge is 0.399 e. The van der Waals surface area contributed by atoms with Crippen LogP contribution in [0.2, 0.25) is 19.6 Å². The normalized spacial score (nSPS) is 12.2. The van der Waals surface area contributed by atoms with Crippen LogP contribution in [0.1, 0.15) is 13.3 Å². The minimum Gasteiger partial charge on any atom is -0.399 e. The first-order chi connectivity index (χ1) is 25.2. The maximum Gasteiger partial charge on any atom is 0.563 e. The lowest BCUT2D eigenvalue weighted by molar-refractivity contribution is 0.388. The predicted molar refractivity (Wildman–Crippen MR) is 225 cm³/mol. The first-order valence-electron chi connectivity index (χ1n) is 17.6. The summed E-state index contributed by atoms with van der Waals surface area (Å²) in [5.41, 5.74) is 0. The van der Waals surface area contributed by atoms with Crippen molar-refractivity contribution in [3.8, 4) is 11.5 Å². The summed E-state index contributed by atoms with van der Waals surface area (Å²) in [6, 6.07) is 60.3. The van der Waals surface area contributed by atoms with Crippen molar-refractivity contribution >= 4 is 51.6 Å². The molecule has 0 aliphatic heterocycles. The van der Waals surface area contributed by atoms with Crippen LogP contribution in [0, 0.1) is 0 Å². The highest BCUT2D eigenvalue weighted by Gasteiger charge is 2.47. The summed E-state index contributed by atoms with van der Waals surface area (Å²) >= 11 is 0. The molecule has 0 saturated heterocycles. The minimum atomic E-state index is -4.38. The Hall–Kier alpha value is -4.21. The van der Waals surface area contributed by atoms with E-state index in [1.165, 1.54) is 0 Å². The van der Waals surface area contributed by atoms with Gasteiger partial charge in [0.05, 0.1) is 7.21 Å². The zero-order valence-electron chi connectivity index (χ0n) is 30.1. The number of benzene rings is 6. The average molecular weight is 762 g/mol. The van der Waals surface area contributed by atoms with Gasteiger partial charge in [-0.15, -0.1) is 0 Å². The molecule has 0 radical (unpaired) electrons. The number of para-hydroxylation sites is 2. The number of rotatable bonds is 14. The van der Waals surface area contributed by atoms with Gasteiger partial charge in [-0.1, -0.05) is 184 Å². The third-order valence-electron chi connectivity index (χ3n) is 8.17. The van der Waals surface area contributed by atoms with Gasteiger partial charge in [-0.3, -0.25) is 0 Å². The second-order valence-electron chi connectivity index (χ2n) is 13.3. The fourth-order valence-electron chi connectivity index (χ4n) is 6.25. The van der Waals surface area contributed by atoms with Gasteiger partial charge in [0.25, 0.3) is 0 Å². The zero-order valence-corrected chi connectivity index (χ0v) is 33.8. The topological polar surface area (TPSA) is 63.5 Å². The van der Waals surface area contributed by atoms with Crippen molar-refractivity contribution in [2.75, 3.05) is 6.54 Å². The predicted octanol–water partition coefficient (Wildman–Crippen LogP) is 11.3. The molecule has 0 fully saturated rings. The van der Waals surface area contributed by atoms with Crippen LogP contribution < -0.4 is 30.3 Å². The van der Waals surface area contributed by atoms with Gasteiger partial charge in [-0.05, 0) is 30.7 Å². The van der Waals surface area contributed by atoms with Crippen molar-refractivity contribution in [3.63, 3.8) is 0 Å². The number of hydrogen-bond acceptors (Lipinski definition) is 4. The minimum absolute atomic E-state index is 0.408. The van der Waals surface area contributed by atoms with Crippen molar-refractivity contribution in [1.29, 1.82) is 0 Å². The molecular weight excluding hydrogens is 715 g/mol. The van der Waals surface area contributed by atoms with Crippen LogP contribution in [0.25, 0.3) is 0 Å². The monoisotopic (exact) mass is 761 g/mol. The molecule has 0 aromatic heterocycles. The molecule has 6 aromatic carbocycles. The highest BCUT2D eigenvalue weighted by atomic mass is 31.2. The maximum atomic E-state index is 15.9. The Morgan fingerprint density at radius 2 is 0.808 bits per heavy atom. The molecule has 6 nitrogen and oxygen atoms in total. The molecule has 0 aliphatic rings. The van der Waals surface area contributed by atoms with Gasteiger partial charge in [0.1, 0.15) is 18.7 Å². The van der Waals surface area contributed by atoms with E-state index in [-0.39, 0.29) is 0 Å². The van der Waals surface area contributed by atoms with E-state index in [0.717, 1.165) is 27.6 Å². The summed E-state index contributed by atoms with van der Waals surface area (Å²) in [7, 11) is -12.9. The summed E-state index contributed by atoms with van der Waals surface area (Å²) < 4.78 is 43.2. The van der Waals surface area contributed by atoms with E-state index in [0.29, 0.717) is 18.0 Å². The van der Waals surface area contributed by atoms with Crippen LogP contribution in [0.3, 0.4) is 0 Å². The SMILES string of the molecule is CCCN(P(=N[Si](C)(C)C)(c1ccccc1)c1ccccc1)P(=NP(=O)(Oc1ccccc1)Oc1ccccc1)(c1ccccc1)c1ccccc1. The molecule has 0 amide bonds. The molecule has 0 atom stereocenters. The van der Waals surface area contributed by atoms with Crippen molar-refractivity contribution in [2.45, 2.75) is 33.0 Å². The Bertz CT molecular complexity index is 2050. The molecule has 52 heavy (non-hydrogen) atoms. The zero-order chi connectivity index (χ0) is 36.5. The first-order valence-corrected chi connectivity index (χ1v) is 25.9. The Labute approximate surface area is 310 Å². The molecule has 0 heterocycles. The van der Waals surface area contributed by atoms with Gasteiger partial charge in [0.2, 0.25) is 0 Å². The fourth-order valence-corrected chi connectivity index (χ4v) is 23.0. The van der Waals surface area contributed by atoms with E-state index in [4.69, 9.17) is 18.0 Å². The first kappa shape index (κ1) is 37.5. The van der Waals surface area contributed by atoms with Crippen molar-refractivity contribution in [3.05, 3.63) is 182 Å². The van der Waals surface area contributed by atoms with Crippen LogP contribution in [0.4, 0.5) is 0 Å². The van der Waals surface area contributed by atoms with Crippen LogP contribution in [-0.4, -0.2) is 19.2 Å². The molecule has 0 unspecified atom stereocenters. The van der Waals surface area contributed by atoms with Gasteiger partial charge in [0, 0.05) is 27.8 Å². The van der Waals surface area contributed by atoms with Gasteiger partial charge < -0.3 is 13.5 Å². The molecular formula is C42H46N3O3P3Si. The standard InChI is InChI=1S/C42H46N3O3P3Si/c1-5-36-45(50(44-52(2,3)4,41-32-20-10-21-33-41)42-34-22-11-23-35-42)49(39-28-16-8-17-29-39,40-30-18-9-19-31-40)43-51(46,47-37-24-12-6-13-25-37)48-38-26-14-7-15-27-38/h6-35H,5,36H2,1-4H3. The van der Waals surface area contributed by atoms with E-state index in [1.807, 2.05) is 72.8 Å². The number of hydrogen-bond donors (Lipinski definition) is 0. The van der Waals surface area contributed by atoms with E-state index in [9.17, 15) is 0 Å². The second-order valence-corrected chi connectivity index (χ2v) is 26.2. The Morgan fingerprint density at radius 3 is 1.12 bits per heavy atom. The van der Waals surface area contributed by atoms with Crippen molar-refractivity contribution in [2.24, 2.45) is 8.93 Å². The lowest BCUT2D eigenvalue weighted by Crippen LogP contribution is -2.39. The lowest BCUT2D eigenvalue weighted by Gasteiger charge is -2.47. The summed E-state index contributed by atoms with van der Waals surface area (Å²) in [4.78, 5) is 0. The van der Waals surface area contributed by atoms with E-state index < -0.39 is 30.4 Å². The van der Waals surface area contributed by atoms with Crippen LogP contribution in [0.5, 0.6) is 11.5 Å². The van der Waals surface area contributed by atoms with Gasteiger partial charge in [0.15, 0.2) is 8.24 Å². The van der Waals surface area contributed by atoms with Crippen LogP contribution >= 0.6 is 22.2 Å². The van der Waals surface area contributed by atoms with E-state index in [2.05, 4.69) is 116 Å². The van der Waals surface area contributed by atoms with E-state index >= 15 is 4.57 Å². The van der Waals surface area contributed by atoms with Crippen molar-refractivity contribution < 1.29 is 13.6 Å². The number of nitrogens with zero attached hydrogens (tertiary/aromatic N) is 3. The lowest BCUT2D eigenvalue weighted by atomic mass is 10.3. The summed E-state index contributed by atoms with van der Waals surface area (Å²) in [6.07, 6.45) is 0.795. The van der Waals surface area contributed by atoms with Gasteiger partial charge >= 0.3 is 7.75 Å². The molecule has 0 spiro atoms. The fraction of sp³-hybridized carbons (Fsp3) is 0.143. The van der Waals surface area contributed by atoms with Crippen molar-refractivity contribution in [1.82, 2.24) is 4.44 Å². The molecule has 0 N–H and O–H groups in total. The molecule has 10 heteroatoms. The third-order valence-corrected chi connectivity index (χ3v) is 21.9. The molecule has 6 rings (SSSR count). The van der Waals surface area contributed by atoms with Gasteiger partial charge in [-0.25, -0.2) is 9.01 Å². The summed E-state index contributed by atoms with van der Waals surface area (Å²) in [5.74, 6) is 0.816. The summed E-state index contributed by atoms with van der Waals surface area (Å²) in [5, 5.41) is 4.10. The maximum absolute atomic E-state index is 15.9. The highest BCUT2D eigenvalue weighted by Crippen LogP contribution is 2.72. The average Bonchev–Trinajstić information content (AvgIpc) is 3.17. The quantitative estimate of drug-likeness (QED) is 0.0819. The molecule has 266 valence electrons. The summed E-state index contributed by atoms with van der Waals surface area (Å²) in [6.45, 7) is 9.69. The molecule has 0 aliphatic carbocycles. The molecule has 6 aromatic rings. The van der Waals surface area contributed by atoms with Gasteiger partial charge in [-0.2, -0.15) is 4.52 Å². The van der Waals surface area contributed by atoms with Crippen LogP contribution in [0.15, 0.2) is 191 Å². The Morgan fingerprint density at radius 1 is 0.500 bits per heavy atom. The molecule has 0 saturated carbocycles.